The van der Waals surface area contributed by atoms with E-state index in [0.29, 0.717) is 33.1 Å². The molecule has 0 unspecified atom stereocenters. The highest BCUT2D eigenvalue weighted by molar-refractivity contribution is 7.91. The Kier molecular flexibility index (Phi) is 6.27. The Hall–Kier alpha value is -2.72. The van der Waals surface area contributed by atoms with E-state index in [0.717, 1.165) is 0 Å². The Morgan fingerprint density at radius 3 is 2.70 bits per heavy atom. The maximum absolute atomic E-state index is 12.5. The number of ether oxygens (including phenoxy) is 1. The highest BCUT2D eigenvalue weighted by Gasteiger charge is 2.22. The molecule has 0 saturated carbocycles. The zero-order valence-corrected chi connectivity index (χ0v) is 18.7. The van der Waals surface area contributed by atoms with Crippen LogP contribution in [0.3, 0.4) is 0 Å². The maximum atomic E-state index is 12.5. The Morgan fingerprint density at radius 1 is 1.30 bits per heavy atom. The van der Waals surface area contributed by atoms with E-state index in [9.17, 15) is 18.3 Å². The van der Waals surface area contributed by atoms with Crippen molar-refractivity contribution in [2.45, 2.75) is 32.6 Å². The van der Waals surface area contributed by atoms with Gasteiger partial charge in [-0.3, -0.25) is 0 Å². The molecule has 0 bridgehead atoms. The third-order valence-electron chi connectivity index (χ3n) is 4.42. The number of carbonyl (C=O) groups excluding carboxylic acids is 1. The van der Waals surface area contributed by atoms with Crippen LogP contribution in [0.5, 0.6) is 5.75 Å². The van der Waals surface area contributed by atoms with E-state index in [1.807, 2.05) is 13.8 Å². The van der Waals surface area contributed by atoms with Gasteiger partial charge in [0, 0.05) is 0 Å². The lowest BCUT2D eigenvalue weighted by Gasteiger charge is -2.11. The molecule has 3 rings (SSSR count). The van der Waals surface area contributed by atoms with Crippen molar-refractivity contribution in [3.05, 3.63) is 35.0 Å². The third-order valence-corrected chi connectivity index (χ3v) is 7.33. The molecule has 10 heteroatoms. The topological polar surface area (TPSA) is 118 Å². The van der Waals surface area contributed by atoms with Crippen molar-refractivity contribution in [1.29, 1.82) is 0 Å². The number of phenolic OH excluding ortho intramolecular Hbond substituents is 1. The van der Waals surface area contributed by atoms with Gasteiger partial charge in [-0.1, -0.05) is 20.8 Å². The van der Waals surface area contributed by atoms with Crippen molar-refractivity contribution in [3.63, 3.8) is 0 Å². The Bertz CT molecular complexity index is 1200. The minimum Gasteiger partial charge on any atom is -0.506 e. The summed E-state index contributed by atoms with van der Waals surface area (Å²) >= 11 is 1.20. The minimum absolute atomic E-state index is 0.0551. The molecule has 2 heterocycles. The van der Waals surface area contributed by atoms with E-state index >= 15 is 0 Å². The number of anilines is 2. The molecule has 0 aliphatic heterocycles. The standard InChI is InChI=1S/C20H23N3O5S2/c1-5-30(26,27)13-6-7-15(24)14(8-13)23-18-16-12(4)17(20(25)28-9-11(2)3)29-19(16)22-10-21-18/h6-8,10-11,24H,5,9H2,1-4H3,(H,21,22,23). The first kappa shape index (κ1) is 22.0. The van der Waals surface area contributed by atoms with Gasteiger partial charge in [0.2, 0.25) is 0 Å². The summed E-state index contributed by atoms with van der Waals surface area (Å²) in [5.74, 6) is -0.0240. The molecular weight excluding hydrogens is 426 g/mol. The number of sulfone groups is 1. The average Bonchev–Trinajstić information content (AvgIpc) is 3.05. The quantitative estimate of drug-likeness (QED) is 0.409. The average molecular weight is 450 g/mol. The predicted octanol–water partition coefficient (Wildman–Crippen LogP) is 4.06. The van der Waals surface area contributed by atoms with Crippen molar-refractivity contribution < 1.29 is 23.1 Å². The van der Waals surface area contributed by atoms with Crippen molar-refractivity contribution in [2.24, 2.45) is 5.92 Å². The summed E-state index contributed by atoms with van der Waals surface area (Å²) in [5, 5.41) is 13.8. The zero-order valence-electron chi connectivity index (χ0n) is 17.1. The second kappa shape index (κ2) is 8.57. The van der Waals surface area contributed by atoms with Gasteiger partial charge in [0.25, 0.3) is 0 Å². The van der Waals surface area contributed by atoms with E-state index in [4.69, 9.17) is 4.74 Å². The Morgan fingerprint density at radius 2 is 2.03 bits per heavy atom. The summed E-state index contributed by atoms with van der Waals surface area (Å²) in [7, 11) is -3.44. The summed E-state index contributed by atoms with van der Waals surface area (Å²) in [4.78, 5) is 22.0. The summed E-state index contributed by atoms with van der Waals surface area (Å²) in [6.07, 6.45) is 1.34. The van der Waals surface area contributed by atoms with Crippen molar-refractivity contribution in [2.75, 3.05) is 17.7 Å². The molecular formula is C20H23N3O5S2. The molecule has 0 atom stereocenters. The number of esters is 1. The second-order valence-corrected chi connectivity index (χ2v) is 10.4. The minimum atomic E-state index is -3.44. The summed E-state index contributed by atoms with van der Waals surface area (Å²) in [6.45, 7) is 7.56. The number of nitrogens with zero attached hydrogens (tertiary/aromatic N) is 2. The number of aromatic hydroxyl groups is 1. The highest BCUT2D eigenvalue weighted by Crippen LogP contribution is 2.37. The molecule has 0 fully saturated rings. The summed E-state index contributed by atoms with van der Waals surface area (Å²) in [5.41, 5.74) is 0.850. The van der Waals surface area contributed by atoms with Crippen LogP contribution in [0.1, 0.15) is 36.0 Å². The van der Waals surface area contributed by atoms with Gasteiger partial charge in [-0.2, -0.15) is 0 Å². The first-order valence-electron chi connectivity index (χ1n) is 9.38. The molecule has 0 amide bonds. The van der Waals surface area contributed by atoms with Crippen LogP contribution in [0, 0.1) is 12.8 Å². The monoisotopic (exact) mass is 449 g/mol. The number of hydrogen-bond donors (Lipinski definition) is 2. The third kappa shape index (κ3) is 4.39. The van der Waals surface area contributed by atoms with Crippen LogP contribution in [0.4, 0.5) is 11.5 Å². The molecule has 3 aromatic rings. The van der Waals surface area contributed by atoms with Crippen LogP contribution in [0.15, 0.2) is 29.4 Å². The number of fused-ring (bicyclic) bond motifs is 1. The lowest BCUT2D eigenvalue weighted by atomic mass is 10.2. The number of rotatable bonds is 7. The van der Waals surface area contributed by atoms with Gasteiger partial charge in [-0.05, 0) is 36.6 Å². The summed E-state index contributed by atoms with van der Waals surface area (Å²) < 4.78 is 29.7. The van der Waals surface area contributed by atoms with Crippen molar-refractivity contribution >= 4 is 48.9 Å². The smallest absolute Gasteiger partial charge is 0.348 e. The van der Waals surface area contributed by atoms with Gasteiger partial charge in [0.05, 0.1) is 28.3 Å². The van der Waals surface area contributed by atoms with Crippen LogP contribution in [0.25, 0.3) is 10.2 Å². The fraction of sp³-hybridized carbons (Fsp3) is 0.350. The molecule has 0 saturated heterocycles. The predicted molar refractivity (Wildman–Crippen MR) is 116 cm³/mol. The molecule has 0 aliphatic rings. The first-order valence-corrected chi connectivity index (χ1v) is 11.8. The maximum Gasteiger partial charge on any atom is 0.348 e. The Labute approximate surface area is 178 Å². The fourth-order valence-corrected chi connectivity index (χ4v) is 4.72. The molecule has 8 nitrogen and oxygen atoms in total. The van der Waals surface area contributed by atoms with Crippen LogP contribution >= 0.6 is 11.3 Å². The molecule has 0 spiro atoms. The number of thiophene rings is 1. The fourth-order valence-electron chi connectivity index (χ4n) is 2.77. The van der Waals surface area contributed by atoms with Gasteiger partial charge in [-0.25, -0.2) is 23.2 Å². The highest BCUT2D eigenvalue weighted by atomic mass is 32.2. The van der Waals surface area contributed by atoms with E-state index in [2.05, 4.69) is 15.3 Å². The Balaban J connectivity index is 2.02. The normalized spacial score (nSPS) is 11.8. The lowest BCUT2D eigenvalue weighted by molar-refractivity contribution is 0.0464. The number of nitrogens with one attached hydrogen (secondary N) is 1. The van der Waals surface area contributed by atoms with Crippen molar-refractivity contribution in [1.82, 2.24) is 9.97 Å². The van der Waals surface area contributed by atoms with Crippen molar-refractivity contribution in [3.8, 4) is 5.75 Å². The zero-order chi connectivity index (χ0) is 22.1. The number of hydrogen-bond acceptors (Lipinski definition) is 9. The molecule has 2 aromatic heterocycles. The number of benzene rings is 1. The summed E-state index contributed by atoms with van der Waals surface area (Å²) in [6, 6.07) is 4.04. The second-order valence-electron chi connectivity index (χ2n) is 7.16. The number of carbonyl (C=O) groups is 1. The van der Waals surface area contributed by atoms with Crippen LogP contribution < -0.4 is 5.32 Å². The van der Waals surface area contributed by atoms with Gasteiger partial charge >= 0.3 is 5.97 Å². The molecule has 0 radical (unpaired) electrons. The first-order chi connectivity index (χ1) is 14.1. The van der Waals surface area contributed by atoms with E-state index in [1.165, 1.54) is 35.9 Å². The molecule has 160 valence electrons. The molecule has 30 heavy (non-hydrogen) atoms. The van der Waals surface area contributed by atoms with E-state index < -0.39 is 15.8 Å². The van der Waals surface area contributed by atoms with Crippen LogP contribution in [0.2, 0.25) is 0 Å². The molecule has 1 aromatic carbocycles. The van der Waals surface area contributed by atoms with E-state index in [-0.39, 0.29) is 28.0 Å². The van der Waals surface area contributed by atoms with E-state index in [1.54, 1.807) is 13.8 Å². The largest absolute Gasteiger partial charge is 0.506 e. The van der Waals surface area contributed by atoms with Gasteiger partial charge in [-0.15, -0.1) is 11.3 Å². The number of phenols is 1. The van der Waals surface area contributed by atoms with Gasteiger partial charge < -0.3 is 15.2 Å². The van der Waals surface area contributed by atoms with Gasteiger partial charge in [0.1, 0.15) is 27.6 Å². The van der Waals surface area contributed by atoms with Gasteiger partial charge in [0.15, 0.2) is 9.84 Å². The van der Waals surface area contributed by atoms with Crippen LogP contribution in [-0.2, 0) is 14.6 Å². The molecule has 2 N–H and O–H groups in total. The SMILES string of the molecule is CCS(=O)(=O)c1ccc(O)c(Nc2ncnc3sc(C(=O)OCC(C)C)c(C)c23)c1. The molecule has 0 aliphatic carbocycles. The van der Waals surface area contributed by atoms with Crippen LogP contribution in [-0.4, -0.2) is 41.8 Å². The lowest BCUT2D eigenvalue weighted by Crippen LogP contribution is -2.09. The number of aromatic nitrogens is 2. The number of aryl methyl sites for hydroxylation is 1.